The summed E-state index contributed by atoms with van der Waals surface area (Å²) < 4.78 is 5.58. The molecule has 3 rings (SSSR count). The van der Waals surface area contributed by atoms with Gasteiger partial charge in [-0.2, -0.15) is 0 Å². The average Bonchev–Trinajstić information content (AvgIpc) is 2.82. The molecular formula is C11H18N2O. The van der Waals surface area contributed by atoms with E-state index < -0.39 is 0 Å². The van der Waals surface area contributed by atoms with Crippen LogP contribution in [0, 0.1) is 5.92 Å². The number of likely N-dealkylation sites (tertiary alicyclic amines) is 1. The van der Waals surface area contributed by atoms with E-state index in [-0.39, 0.29) is 0 Å². The predicted octanol–water partition coefficient (Wildman–Crippen LogP) is 0.363. The third kappa shape index (κ3) is 1.49. The van der Waals surface area contributed by atoms with E-state index in [4.69, 9.17) is 10.5 Å². The molecule has 0 aromatic carbocycles. The summed E-state index contributed by atoms with van der Waals surface area (Å²) in [5.74, 6) is 0.685. The molecule has 2 bridgehead atoms. The molecule has 0 aromatic heterocycles. The number of hydrogen-bond donors (Lipinski definition) is 1. The third-order valence-corrected chi connectivity index (χ3v) is 3.69. The van der Waals surface area contributed by atoms with E-state index >= 15 is 0 Å². The minimum absolute atomic E-state index is 0.302. The van der Waals surface area contributed by atoms with Gasteiger partial charge in [0.15, 0.2) is 0 Å². The molecule has 78 valence electrons. The number of fused-ring (bicyclic) bond motifs is 2. The Morgan fingerprint density at radius 2 is 2.29 bits per heavy atom. The van der Waals surface area contributed by atoms with E-state index in [2.05, 4.69) is 17.1 Å². The number of hydrogen-bond acceptors (Lipinski definition) is 3. The van der Waals surface area contributed by atoms with Gasteiger partial charge < -0.3 is 10.5 Å². The van der Waals surface area contributed by atoms with Crippen molar-refractivity contribution in [2.45, 2.75) is 31.0 Å². The summed E-state index contributed by atoms with van der Waals surface area (Å²) in [5.41, 5.74) is 5.85. The molecular weight excluding hydrogens is 176 g/mol. The second-order valence-electron chi connectivity index (χ2n) is 4.84. The lowest BCUT2D eigenvalue weighted by atomic mass is 10.1. The Balaban J connectivity index is 1.56. The van der Waals surface area contributed by atoms with Crippen LogP contribution in [0.1, 0.15) is 12.8 Å². The van der Waals surface area contributed by atoms with Gasteiger partial charge in [-0.1, -0.05) is 12.2 Å². The van der Waals surface area contributed by atoms with E-state index in [9.17, 15) is 0 Å². The Morgan fingerprint density at radius 1 is 1.36 bits per heavy atom. The van der Waals surface area contributed by atoms with Gasteiger partial charge in [0.05, 0.1) is 12.7 Å². The fourth-order valence-electron chi connectivity index (χ4n) is 2.95. The van der Waals surface area contributed by atoms with Crippen LogP contribution in [0.2, 0.25) is 0 Å². The van der Waals surface area contributed by atoms with Crippen LogP contribution in [0.5, 0.6) is 0 Å². The van der Waals surface area contributed by atoms with Gasteiger partial charge in [-0.05, 0) is 18.8 Å². The van der Waals surface area contributed by atoms with Gasteiger partial charge in [-0.15, -0.1) is 0 Å². The van der Waals surface area contributed by atoms with Crippen LogP contribution >= 0.6 is 0 Å². The summed E-state index contributed by atoms with van der Waals surface area (Å²) in [7, 11) is 0. The summed E-state index contributed by atoms with van der Waals surface area (Å²) in [6.45, 7) is 3.28. The summed E-state index contributed by atoms with van der Waals surface area (Å²) in [4.78, 5) is 2.58. The molecule has 3 nitrogen and oxygen atoms in total. The molecule has 4 atom stereocenters. The van der Waals surface area contributed by atoms with E-state index in [1.54, 1.807) is 0 Å². The van der Waals surface area contributed by atoms with Gasteiger partial charge in [-0.3, -0.25) is 4.90 Å². The van der Waals surface area contributed by atoms with Crippen molar-refractivity contribution < 1.29 is 4.74 Å². The summed E-state index contributed by atoms with van der Waals surface area (Å²) in [6, 6.07) is 1.00. The van der Waals surface area contributed by atoms with E-state index in [0.717, 1.165) is 19.6 Å². The zero-order valence-corrected chi connectivity index (χ0v) is 8.43. The molecule has 2 N–H and O–H groups in total. The number of nitrogens with two attached hydrogens (primary N) is 1. The topological polar surface area (TPSA) is 38.5 Å². The Labute approximate surface area is 84.9 Å². The molecule has 0 saturated carbocycles. The number of ether oxygens (including phenoxy) is 1. The first-order valence-corrected chi connectivity index (χ1v) is 5.61. The normalized spacial score (nSPS) is 46.6. The standard InChI is InChI=1S/C11H18N2O/c12-9-2-1-8(3-9)5-13-6-11-4-10(13)7-14-11/h1-2,8-11H,3-7,12H2. The van der Waals surface area contributed by atoms with E-state index in [0.29, 0.717) is 24.1 Å². The minimum Gasteiger partial charge on any atom is -0.375 e. The van der Waals surface area contributed by atoms with Crippen LogP contribution < -0.4 is 5.73 Å². The fraction of sp³-hybridized carbons (Fsp3) is 0.818. The average molecular weight is 194 g/mol. The lowest BCUT2D eigenvalue weighted by Crippen LogP contribution is -2.39. The SMILES string of the molecule is NC1C=CC(CN2CC3CC2CO3)C1. The Hall–Kier alpha value is -0.380. The van der Waals surface area contributed by atoms with Crippen LogP contribution in [0.15, 0.2) is 12.2 Å². The molecule has 0 amide bonds. The fourth-order valence-corrected chi connectivity index (χ4v) is 2.95. The van der Waals surface area contributed by atoms with Crippen molar-refractivity contribution in [3.8, 4) is 0 Å². The molecule has 0 aromatic rings. The Kier molecular flexibility index (Phi) is 2.11. The quantitative estimate of drug-likeness (QED) is 0.645. The molecule has 1 aliphatic carbocycles. The van der Waals surface area contributed by atoms with Crippen molar-refractivity contribution in [3.05, 3.63) is 12.2 Å². The van der Waals surface area contributed by atoms with Crippen LogP contribution in [0.25, 0.3) is 0 Å². The lowest BCUT2D eigenvalue weighted by Gasteiger charge is -2.28. The highest BCUT2D eigenvalue weighted by molar-refractivity contribution is 5.06. The maximum atomic E-state index is 5.85. The van der Waals surface area contributed by atoms with Crippen molar-refractivity contribution in [2.24, 2.45) is 11.7 Å². The number of rotatable bonds is 2. The van der Waals surface area contributed by atoms with E-state index in [1.807, 2.05) is 0 Å². The smallest absolute Gasteiger partial charge is 0.0718 e. The number of nitrogens with zero attached hydrogens (tertiary/aromatic N) is 1. The second kappa shape index (κ2) is 3.33. The van der Waals surface area contributed by atoms with Crippen LogP contribution in [0.3, 0.4) is 0 Å². The second-order valence-corrected chi connectivity index (χ2v) is 4.84. The Bertz CT molecular complexity index is 254. The van der Waals surface area contributed by atoms with Gasteiger partial charge >= 0.3 is 0 Å². The maximum Gasteiger partial charge on any atom is 0.0718 e. The van der Waals surface area contributed by atoms with Gasteiger partial charge in [0.1, 0.15) is 0 Å². The summed E-state index contributed by atoms with van der Waals surface area (Å²) in [6.07, 6.45) is 7.35. The molecule has 4 unspecified atom stereocenters. The first-order valence-electron chi connectivity index (χ1n) is 5.61. The predicted molar refractivity (Wildman–Crippen MR) is 54.9 cm³/mol. The first kappa shape index (κ1) is 8.89. The van der Waals surface area contributed by atoms with Crippen molar-refractivity contribution in [2.75, 3.05) is 19.7 Å². The largest absolute Gasteiger partial charge is 0.375 e. The highest BCUT2D eigenvalue weighted by Crippen LogP contribution is 2.30. The van der Waals surface area contributed by atoms with Crippen molar-refractivity contribution in [1.82, 2.24) is 4.90 Å². The van der Waals surface area contributed by atoms with Crippen LogP contribution in [-0.2, 0) is 4.74 Å². The molecule has 2 saturated heterocycles. The molecule has 14 heavy (non-hydrogen) atoms. The summed E-state index contributed by atoms with van der Waals surface area (Å²) in [5, 5.41) is 0. The maximum absolute atomic E-state index is 5.85. The zero-order valence-electron chi connectivity index (χ0n) is 8.43. The summed E-state index contributed by atoms with van der Waals surface area (Å²) >= 11 is 0. The molecule has 0 spiro atoms. The molecule has 3 heteroatoms. The Morgan fingerprint density at radius 3 is 2.86 bits per heavy atom. The van der Waals surface area contributed by atoms with Gasteiger partial charge in [-0.25, -0.2) is 0 Å². The lowest BCUT2D eigenvalue weighted by molar-refractivity contribution is 0.0266. The molecule has 0 radical (unpaired) electrons. The van der Waals surface area contributed by atoms with Crippen molar-refractivity contribution in [3.63, 3.8) is 0 Å². The highest BCUT2D eigenvalue weighted by Gasteiger charge is 2.39. The highest BCUT2D eigenvalue weighted by atomic mass is 16.5. The van der Waals surface area contributed by atoms with Crippen molar-refractivity contribution in [1.29, 1.82) is 0 Å². The monoisotopic (exact) mass is 194 g/mol. The number of morpholine rings is 1. The van der Waals surface area contributed by atoms with Gasteiger partial charge in [0.2, 0.25) is 0 Å². The molecule has 2 fully saturated rings. The molecule has 2 aliphatic heterocycles. The van der Waals surface area contributed by atoms with E-state index in [1.165, 1.54) is 13.0 Å². The third-order valence-electron chi connectivity index (χ3n) is 3.69. The molecule has 2 heterocycles. The van der Waals surface area contributed by atoms with Gasteiger partial charge in [0.25, 0.3) is 0 Å². The first-order chi connectivity index (χ1) is 6.81. The minimum atomic E-state index is 0.302. The zero-order chi connectivity index (χ0) is 9.54. The van der Waals surface area contributed by atoms with Crippen molar-refractivity contribution >= 4 is 0 Å². The molecule has 3 aliphatic rings. The van der Waals surface area contributed by atoms with Crippen LogP contribution in [0.4, 0.5) is 0 Å². The van der Waals surface area contributed by atoms with Gasteiger partial charge in [0, 0.05) is 25.2 Å². The van der Waals surface area contributed by atoms with Crippen LogP contribution in [-0.4, -0.2) is 42.8 Å².